The van der Waals surface area contributed by atoms with Crippen LogP contribution in [0.5, 0.6) is 0 Å². The van der Waals surface area contributed by atoms with E-state index in [4.69, 9.17) is 9.15 Å². The van der Waals surface area contributed by atoms with Crippen LogP contribution in [-0.4, -0.2) is 22.1 Å². The molecule has 0 spiro atoms. The zero-order chi connectivity index (χ0) is 19.2. The fourth-order valence-corrected chi connectivity index (χ4v) is 2.46. The second-order valence-electron chi connectivity index (χ2n) is 6.00. The zero-order valence-corrected chi connectivity index (χ0v) is 15.0. The van der Waals surface area contributed by atoms with Crippen LogP contribution < -0.4 is 5.32 Å². The number of amides is 1. The smallest absolute Gasteiger partial charge is 0.311 e. The first kappa shape index (κ1) is 18.3. The lowest BCUT2D eigenvalue weighted by Gasteiger charge is -2.10. The minimum Gasteiger partial charge on any atom is -0.452 e. The standard InChI is InChI=1S/C20H19N3O4/c1-13(19-22-23-20(27-19)16-6-4-3-5-7-16)26-18(25)12-15-8-10-17(11-9-15)21-14(2)24/h3-11,13H,12H2,1-2H3,(H,21,24)/t13-/m0/s1. The second kappa shape index (κ2) is 8.27. The molecule has 27 heavy (non-hydrogen) atoms. The summed E-state index contributed by atoms with van der Waals surface area (Å²) < 4.78 is 11.0. The number of rotatable bonds is 6. The van der Waals surface area contributed by atoms with Crippen LogP contribution >= 0.6 is 0 Å². The highest BCUT2D eigenvalue weighted by Gasteiger charge is 2.19. The molecule has 0 aliphatic heterocycles. The molecule has 0 saturated heterocycles. The Morgan fingerprint density at radius 1 is 1.07 bits per heavy atom. The van der Waals surface area contributed by atoms with Gasteiger partial charge in [-0.05, 0) is 36.8 Å². The summed E-state index contributed by atoms with van der Waals surface area (Å²) in [5.74, 6) is 0.0601. The Balaban J connectivity index is 1.58. The van der Waals surface area contributed by atoms with Crippen LogP contribution in [-0.2, 0) is 20.7 Å². The van der Waals surface area contributed by atoms with E-state index in [1.165, 1.54) is 6.92 Å². The zero-order valence-electron chi connectivity index (χ0n) is 15.0. The predicted molar refractivity (Wildman–Crippen MR) is 98.7 cm³/mol. The number of nitrogens with zero attached hydrogens (tertiary/aromatic N) is 2. The Hall–Kier alpha value is -3.48. The van der Waals surface area contributed by atoms with E-state index in [0.717, 1.165) is 11.1 Å². The van der Waals surface area contributed by atoms with Crippen LogP contribution in [0.3, 0.4) is 0 Å². The highest BCUT2D eigenvalue weighted by Crippen LogP contribution is 2.22. The molecule has 0 radical (unpaired) electrons. The third-order valence-electron chi connectivity index (χ3n) is 3.74. The molecular formula is C20H19N3O4. The molecule has 1 heterocycles. The van der Waals surface area contributed by atoms with Crippen LogP contribution in [0.1, 0.15) is 31.4 Å². The number of carbonyl (C=O) groups excluding carboxylic acids is 2. The third kappa shape index (κ3) is 5.01. The first-order valence-corrected chi connectivity index (χ1v) is 8.46. The van der Waals surface area contributed by atoms with Crippen LogP contribution in [0.15, 0.2) is 59.0 Å². The maximum absolute atomic E-state index is 12.2. The predicted octanol–water partition coefficient (Wildman–Crippen LogP) is 3.54. The summed E-state index contributed by atoms with van der Waals surface area (Å²) in [7, 11) is 0. The van der Waals surface area contributed by atoms with Gasteiger partial charge in [-0.1, -0.05) is 30.3 Å². The largest absolute Gasteiger partial charge is 0.452 e. The summed E-state index contributed by atoms with van der Waals surface area (Å²) >= 11 is 0. The molecule has 1 amide bonds. The molecule has 7 nitrogen and oxygen atoms in total. The normalized spacial score (nSPS) is 11.6. The van der Waals surface area contributed by atoms with E-state index >= 15 is 0 Å². The number of benzene rings is 2. The van der Waals surface area contributed by atoms with Crippen LogP contribution in [0, 0.1) is 0 Å². The summed E-state index contributed by atoms with van der Waals surface area (Å²) in [4.78, 5) is 23.2. The van der Waals surface area contributed by atoms with Gasteiger partial charge in [-0.3, -0.25) is 9.59 Å². The van der Waals surface area contributed by atoms with Gasteiger partial charge in [0, 0.05) is 18.2 Å². The molecule has 0 unspecified atom stereocenters. The van der Waals surface area contributed by atoms with Crippen molar-refractivity contribution in [2.75, 3.05) is 5.32 Å². The Labute approximate surface area is 156 Å². The molecule has 138 valence electrons. The lowest BCUT2D eigenvalue weighted by Crippen LogP contribution is -2.12. The number of nitrogens with one attached hydrogen (secondary N) is 1. The highest BCUT2D eigenvalue weighted by molar-refractivity contribution is 5.88. The van der Waals surface area contributed by atoms with Crippen molar-refractivity contribution in [3.8, 4) is 11.5 Å². The monoisotopic (exact) mass is 365 g/mol. The van der Waals surface area contributed by atoms with Crippen LogP contribution in [0.4, 0.5) is 5.69 Å². The summed E-state index contributed by atoms with van der Waals surface area (Å²) in [6.45, 7) is 3.12. The molecular weight excluding hydrogens is 346 g/mol. The Morgan fingerprint density at radius 2 is 1.78 bits per heavy atom. The molecule has 0 fully saturated rings. The molecule has 7 heteroatoms. The number of hydrogen-bond donors (Lipinski definition) is 1. The molecule has 0 bridgehead atoms. The molecule has 1 atom stereocenters. The summed E-state index contributed by atoms with van der Waals surface area (Å²) in [6, 6.07) is 16.4. The molecule has 3 rings (SSSR count). The third-order valence-corrected chi connectivity index (χ3v) is 3.74. The summed E-state index contributed by atoms with van der Waals surface area (Å²) in [6.07, 6.45) is -0.550. The second-order valence-corrected chi connectivity index (χ2v) is 6.00. The number of aromatic nitrogens is 2. The van der Waals surface area contributed by atoms with Gasteiger partial charge in [0.25, 0.3) is 5.89 Å². The van der Waals surface area contributed by atoms with E-state index in [-0.39, 0.29) is 18.2 Å². The van der Waals surface area contributed by atoms with Crippen LogP contribution in [0.2, 0.25) is 0 Å². The molecule has 0 aliphatic rings. The van der Waals surface area contributed by atoms with Gasteiger partial charge in [0.15, 0.2) is 6.10 Å². The van der Waals surface area contributed by atoms with E-state index in [1.54, 1.807) is 31.2 Å². The van der Waals surface area contributed by atoms with Gasteiger partial charge in [-0.2, -0.15) is 0 Å². The first-order valence-electron chi connectivity index (χ1n) is 8.46. The van der Waals surface area contributed by atoms with Crippen molar-refractivity contribution >= 4 is 17.6 Å². The lowest BCUT2D eigenvalue weighted by molar-refractivity contribution is -0.148. The Bertz CT molecular complexity index is 920. The van der Waals surface area contributed by atoms with E-state index < -0.39 is 12.1 Å². The van der Waals surface area contributed by atoms with Crippen molar-refractivity contribution < 1.29 is 18.7 Å². The number of ether oxygens (including phenoxy) is 1. The maximum atomic E-state index is 12.2. The Morgan fingerprint density at radius 3 is 2.44 bits per heavy atom. The molecule has 0 aliphatic carbocycles. The van der Waals surface area contributed by atoms with Crippen molar-refractivity contribution in [3.05, 3.63) is 66.1 Å². The quantitative estimate of drug-likeness (QED) is 0.672. The van der Waals surface area contributed by atoms with Gasteiger partial charge in [0.05, 0.1) is 6.42 Å². The van der Waals surface area contributed by atoms with E-state index in [2.05, 4.69) is 15.5 Å². The fraction of sp³-hybridized carbons (Fsp3) is 0.200. The summed E-state index contributed by atoms with van der Waals surface area (Å²) in [5.41, 5.74) is 2.25. The Kier molecular flexibility index (Phi) is 5.61. The van der Waals surface area contributed by atoms with Gasteiger partial charge in [-0.25, -0.2) is 0 Å². The van der Waals surface area contributed by atoms with Gasteiger partial charge in [0.1, 0.15) is 0 Å². The number of carbonyl (C=O) groups is 2. The molecule has 1 N–H and O–H groups in total. The number of esters is 1. The van der Waals surface area contributed by atoms with E-state index in [9.17, 15) is 9.59 Å². The molecule has 2 aromatic carbocycles. The summed E-state index contributed by atoms with van der Waals surface area (Å²) in [5, 5.41) is 10.6. The van der Waals surface area contributed by atoms with Crippen LogP contribution in [0.25, 0.3) is 11.5 Å². The minimum atomic E-state index is -0.652. The van der Waals surface area contributed by atoms with Crippen molar-refractivity contribution in [1.82, 2.24) is 10.2 Å². The van der Waals surface area contributed by atoms with Gasteiger partial charge < -0.3 is 14.5 Å². The molecule has 1 aromatic heterocycles. The van der Waals surface area contributed by atoms with Gasteiger partial charge in [0.2, 0.25) is 11.8 Å². The number of anilines is 1. The van der Waals surface area contributed by atoms with Crippen molar-refractivity contribution in [3.63, 3.8) is 0 Å². The average Bonchev–Trinajstić information content (AvgIpc) is 3.14. The van der Waals surface area contributed by atoms with Gasteiger partial charge >= 0.3 is 5.97 Å². The van der Waals surface area contributed by atoms with E-state index in [1.807, 2.05) is 30.3 Å². The van der Waals surface area contributed by atoms with Crippen molar-refractivity contribution in [1.29, 1.82) is 0 Å². The number of hydrogen-bond acceptors (Lipinski definition) is 6. The maximum Gasteiger partial charge on any atom is 0.311 e. The highest BCUT2D eigenvalue weighted by atomic mass is 16.6. The van der Waals surface area contributed by atoms with Crippen molar-refractivity contribution in [2.24, 2.45) is 0 Å². The molecule has 0 saturated carbocycles. The first-order chi connectivity index (χ1) is 13.0. The topological polar surface area (TPSA) is 94.3 Å². The SMILES string of the molecule is CC(=O)Nc1ccc(CC(=O)O[C@@H](C)c2nnc(-c3ccccc3)o2)cc1. The van der Waals surface area contributed by atoms with Crippen molar-refractivity contribution in [2.45, 2.75) is 26.4 Å². The minimum absolute atomic E-state index is 0.102. The van der Waals surface area contributed by atoms with Gasteiger partial charge in [-0.15, -0.1) is 10.2 Å². The average molecular weight is 365 g/mol. The lowest BCUT2D eigenvalue weighted by atomic mass is 10.1. The van der Waals surface area contributed by atoms with E-state index in [0.29, 0.717) is 11.6 Å². The molecule has 3 aromatic rings. The fourth-order valence-electron chi connectivity index (χ4n) is 2.46.